The van der Waals surface area contributed by atoms with Gasteiger partial charge in [-0.1, -0.05) is 165 Å². The van der Waals surface area contributed by atoms with Gasteiger partial charge in [0, 0.05) is 46.6 Å². The number of rotatable bonds is 10. The van der Waals surface area contributed by atoms with Crippen LogP contribution in [0.1, 0.15) is 162 Å². The van der Waals surface area contributed by atoms with Gasteiger partial charge < -0.3 is 14.0 Å². The number of aromatic nitrogens is 2. The van der Waals surface area contributed by atoms with Crippen molar-refractivity contribution in [2.24, 2.45) is 22.2 Å². The molecule has 0 saturated heterocycles. The Kier molecular flexibility index (Phi) is 13.1. The predicted molar refractivity (Wildman–Crippen MR) is 295 cm³/mol. The molecule has 8 rings (SSSR count). The van der Waals surface area contributed by atoms with Crippen LogP contribution in [0.25, 0.3) is 50.2 Å². The fourth-order valence-corrected chi connectivity index (χ4v) is 10.5. The van der Waals surface area contributed by atoms with Crippen molar-refractivity contribution in [3.05, 3.63) is 148 Å². The summed E-state index contributed by atoms with van der Waals surface area (Å²) in [6, 6.07) is 38.4. The van der Waals surface area contributed by atoms with Crippen molar-refractivity contribution in [2.75, 3.05) is 13.6 Å². The fraction of sp³-hybridized carbons (Fsp3) is 0.429. The van der Waals surface area contributed by atoms with Crippen LogP contribution in [0.5, 0.6) is 0 Å². The summed E-state index contributed by atoms with van der Waals surface area (Å²) in [5.74, 6) is 2.10. The lowest BCUT2D eigenvalue weighted by atomic mass is 9.74. The molecule has 5 aromatic carbocycles. The number of nitrogens with zero attached hydrogens (tertiary/aromatic N) is 4. The highest BCUT2D eigenvalue weighted by Gasteiger charge is 2.31. The summed E-state index contributed by atoms with van der Waals surface area (Å²) in [4.78, 5) is 7.85. The third-order valence-electron chi connectivity index (χ3n) is 15.0. The zero-order valence-electron chi connectivity index (χ0n) is 44.2. The summed E-state index contributed by atoms with van der Waals surface area (Å²) in [6.45, 7) is 33.2. The Morgan fingerprint density at radius 2 is 1.12 bits per heavy atom. The van der Waals surface area contributed by atoms with Crippen molar-refractivity contribution in [3.8, 4) is 11.4 Å². The molecule has 1 aliphatic rings. The second kappa shape index (κ2) is 18.3. The number of allylic oxidation sites excluding steroid dienone is 1. The van der Waals surface area contributed by atoms with Crippen molar-refractivity contribution in [1.82, 2.24) is 14.0 Å². The molecular formula is C63H79N5. The summed E-state index contributed by atoms with van der Waals surface area (Å²) >= 11 is 0. The minimum absolute atomic E-state index is 0.00220. The highest BCUT2D eigenvalue weighted by atomic mass is 15.2. The van der Waals surface area contributed by atoms with Gasteiger partial charge >= 0.3 is 0 Å². The maximum Gasteiger partial charge on any atom is 0.156 e. The average Bonchev–Trinajstić information content (AvgIpc) is 3.79. The van der Waals surface area contributed by atoms with Gasteiger partial charge in [0.2, 0.25) is 0 Å². The third kappa shape index (κ3) is 9.39. The standard InChI is InChI=1S/C63H79N5/c1-16-22-41(17-2)35-36-66(15)59(47-24-19-21-26-53(47)68-56-33-29-44(62(9,10)11)39-50(56)51-40-45(63(12,13)14)30-34-57(51)68)65-58(64)46-23-18-20-25-52(46)67-54-31-27-42(60(3,4)5)37-48(54)49-38-43(61(6,7)8)28-32-55(49)67/h18-21,23-34,37,39-41,43,64H,16-17,22,35-36,38H2,1-15H3/t41-,43?/m1/s1. The van der Waals surface area contributed by atoms with Gasteiger partial charge in [-0.25, -0.2) is 4.99 Å². The van der Waals surface area contributed by atoms with E-state index in [-0.39, 0.29) is 27.5 Å². The smallest absolute Gasteiger partial charge is 0.156 e. The van der Waals surface area contributed by atoms with E-state index in [1.54, 1.807) is 0 Å². The Bertz CT molecular complexity index is 2990. The second-order valence-electron chi connectivity index (χ2n) is 24.1. The molecule has 5 nitrogen and oxygen atoms in total. The van der Waals surface area contributed by atoms with Crippen LogP contribution in [0.2, 0.25) is 0 Å². The van der Waals surface area contributed by atoms with Gasteiger partial charge in [-0.3, -0.25) is 5.41 Å². The molecule has 0 radical (unpaired) electrons. The molecule has 0 saturated carbocycles. The lowest BCUT2D eigenvalue weighted by molar-refractivity contribution is 0.291. The molecule has 356 valence electrons. The van der Waals surface area contributed by atoms with Crippen molar-refractivity contribution >= 4 is 50.5 Å². The van der Waals surface area contributed by atoms with Gasteiger partial charge in [0.25, 0.3) is 0 Å². The van der Waals surface area contributed by atoms with E-state index in [0.717, 1.165) is 54.1 Å². The zero-order chi connectivity index (χ0) is 49.1. The summed E-state index contributed by atoms with van der Waals surface area (Å²) in [5, 5.41) is 14.0. The summed E-state index contributed by atoms with van der Waals surface area (Å²) in [6.07, 6.45) is 10.4. The zero-order valence-corrected chi connectivity index (χ0v) is 44.2. The first kappa shape index (κ1) is 48.8. The lowest BCUT2D eigenvalue weighted by Gasteiger charge is -2.31. The molecule has 7 aromatic rings. The highest BCUT2D eigenvalue weighted by Crippen LogP contribution is 2.43. The van der Waals surface area contributed by atoms with Crippen molar-refractivity contribution in [1.29, 1.82) is 5.41 Å². The Balaban J connectivity index is 1.34. The first-order valence-electron chi connectivity index (χ1n) is 25.5. The summed E-state index contributed by atoms with van der Waals surface area (Å²) in [5.41, 5.74) is 14.1. The molecule has 2 atom stereocenters. The molecule has 1 aliphatic carbocycles. The van der Waals surface area contributed by atoms with Crippen LogP contribution < -0.4 is 0 Å². The number of benzene rings is 5. The summed E-state index contributed by atoms with van der Waals surface area (Å²) < 4.78 is 4.86. The van der Waals surface area contributed by atoms with Gasteiger partial charge in [-0.05, 0) is 135 Å². The minimum atomic E-state index is 0.00220. The predicted octanol–water partition coefficient (Wildman–Crippen LogP) is 16.8. The van der Waals surface area contributed by atoms with Gasteiger partial charge in [-0.15, -0.1) is 0 Å². The number of hydrogen-bond donors (Lipinski definition) is 1. The average molecular weight is 906 g/mol. The Labute approximate surface area is 408 Å². The third-order valence-corrected chi connectivity index (χ3v) is 15.0. The molecule has 0 bridgehead atoms. The monoisotopic (exact) mass is 906 g/mol. The Morgan fingerprint density at radius 1 is 0.632 bits per heavy atom. The number of nitrogens with one attached hydrogen (secondary N) is 1. The molecule has 0 spiro atoms. The Morgan fingerprint density at radius 3 is 1.62 bits per heavy atom. The molecule has 1 unspecified atom stereocenters. The van der Waals surface area contributed by atoms with Crippen LogP contribution in [0, 0.1) is 22.7 Å². The summed E-state index contributed by atoms with van der Waals surface area (Å²) in [7, 11) is 2.18. The number of hydrogen-bond acceptors (Lipinski definition) is 1. The van der Waals surface area contributed by atoms with Gasteiger partial charge in [0.05, 0.1) is 27.9 Å². The SMILES string of the molecule is CCC[C@@H](CC)CCN(C)C(=NC(=N)c1ccccc1-n1c2c(c3cc(C(C)(C)C)ccc31)CC(C(C)(C)C)C=C2)c1ccccc1-n1c2ccc(C(C)(C)C)cc2c2cc(C(C)(C)C)ccc21. The van der Waals surface area contributed by atoms with E-state index in [0.29, 0.717) is 11.8 Å². The van der Waals surface area contributed by atoms with Gasteiger partial charge in [-0.2, -0.15) is 0 Å². The first-order chi connectivity index (χ1) is 32.0. The largest absolute Gasteiger partial charge is 0.359 e. The maximum atomic E-state index is 10.2. The van der Waals surface area contributed by atoms with Crippen molar-refractivity contribution in [3.63, 3.8) is 0 Å². The van der Waals surface area contributed by atoms with E-state index >= 15 is 0 Å². The topological polar surface area (TPSA) is 49.3 Å². The molecule has 5 heteroatoms. The highest BCUT2D eigenvalue weighted by molar-refractivity contribution is 6.15. The van der Waals surface area contributed by atoms with Crippen LogP contribution in [-0.4, -0.2) is 39.3 Å². The van der Waals surface area contributed by atoms with E-state index < -0.39 is 0 Å². The van der Waals surface area contributed by atoms with Crippen LogP contribution in [0.3, 0.4) is 0 Å². The van der Waals surface area contributed by atoms with Gasteiger partial charge in [0.1, 0.15) is 5.84 Å². The lowest BCUT2D eigenvalue weighted by Crippen LogP contribution is -2.31. The molecule has 0 fully saturated rings. The quantitative estimate of drug-likeness (QED) is 0.108. The molecular weight excluding hydrogens is 827 g/mol. The first-order valence-corrected chi connectivity index (χ1v) is 25.5. The number of fused-ring (bicyclic) bond motifs is 6. The fourth-order valence-electron chi connectivity index (χ4n) is 10.5. The molecule has 0 aliphatic heterocycles. The molecule has 2 heterocycles. The number of para-hydroxylation sites is 2. The van der Waals surface area contributed by atoms with E-state index in [2.05, 4.69) is 233 Å². The van der Waals surface area contributed by atoms with E-state index in [1.165, 1.54) is 73.5 Å². The van der Waals surface area contributed by atoms with E-state index in [1.807, 2.05) is 0 Å². The maximum absolute atomic E-state index is 10.2. The number of amidine groups is 2. The molecule has 0 amide bonds. The normalized spacial score (nSPS) is 15.4. The molecule has 2 aromatic heterocycles. The van der Waals surface area contributed by atoms with E-state index in [9.17, 15) is 5.41 Å². The van der Waals surface area contributed by atoms with E-state index in [4.69, 9.17) is 4.99 Å². The van der Waals surface area contributed by atoms with Crippen LogP contribution >= 0.6 is 0 Å². The molecule has 1 N–H and O–H groups in total. The Hall–Kier alpha value is -5.68. The van der Waals surface area contributed by atoms with Crippen molar-refractivity contribution in [2.45, 2.75) is 145 Å². The minimum Gasteiger partial charge on any atom is -0.359 e. The van der Waals surface area contributed by atoms with Crippen LogP contribution in [0.15, 0.2) is 114 Å². The van der Waals surface area contributed by atoms with Crippen LogP contribution in [0.4, 0.5) is 0 Å². The molecule has 68 heavy (non-hydrogen) atoms. The second-order valence-corrected chi connectivity index (χ2v) is 24.1. The van der Waals surface area contributed by atoms with Gasteiger partial charge in [0.15, 0.2) is 5.84 Å². The van der Waals surface area contributed by atoms with Crippen LogP contribution in [-0.2, 0) is 22.7 Å². The number of aliphatic imine (C=N–C) groups is 1. The van der Waals surface area contributed by atoms with Crippen molar-refractivity contribution < 1.29 is 0 Å².